The van der Waals surface area contributed by atoms with Gasteiger partial charge in [0.15, 0.2) is 23.3 Å². The van der Waals surface area contributed by atoms with Crippen LogP contribution in [0.2, 0.25) is 0 Å². The van der Waals surface area contributed by atoms with Crippen molar-refractivity contribution in [3.63, 3.8) is 0 Å². The predicted octanol–water partition coefficient (Wildman–Crippen LogP) is 4.31. The van der Waals surface area contributed by atoms with E-state index < -0.39 is 67.0 Å². The minimum absolute atomic E-state index is 0.258. The first kappa shape index (κ1) is 19.1. The van der Waals surface area contributed by atoms with Gasteiger partial charge in [-0.25, -0.2) is 22.0 Å². The van der Waals surface area contributed by atoms with Crippen LogP contribution >= 0.6 is 0 Å². The van der Waals surface area contributed by atoms with Crippen LogP contribution in [0.3, 0.4) is 0 Å². The van der Waals surface area contributed by atoms with Crippen LogP contribution in [0, 0.1) is 29.1 Å². The van der Waals surface area contributed by atoms with Gasteiger partial charge in [-0.3, -0.25) is 4.55 Å². The number of hydrogen-bond donors (Lipinski definition) is 1. The van der Waals surface area contributed by atoms with E-state index in [2.05, 4.69) is 0 Å². The Kier molecular flexibility index (Phi) is 4.55. The monoisotopic (exact) mass is 392 g/mol. The summed E-state index contributed by atoms with van der Waals surface area (Å²) in [6, 6.07) is 1.09. The zero-order valence-electron chi connectivity index (χ0n) is 11.4. The summed E-state index contributed by atoms with van der Waals surface area (Å²) in [5.74, 6) is -12.8. The average molecular weight is 392 g/mol. The van der Waals surface area contributed by atoms with Gasteiger partial charge in [0, 0.05) is 5.56 Å². The van der Waals surface area contributed by atoms with Crippen LogP contribution in [0.25, 0.3) is 11.1 Å². The summed E-state index contributed by atoms with van der Waals surface area (Å²) in [7, 11) is -5.53. The average Bonchev–Trinajstić information content (AvgIpc) is 2.49. The van der Waals surface area contributed by atoms with Crippen LogP contribution < -0.4 is 0 Å². The Morgan fingerprint density at radius 1 is 0.800 bits per heavy atom. The molecule has 0 aromatic heterocycles. The van der Waals surface area contributed by atoms with Crippen molar-refractivity contribution in [1.29, 1.82) is 0 Å². The molecule has 12 heteroatoms. The topological polar surface area (TPSA) is 54.4 Å². The van der Waals surface area contributed by atoms with Crippen LogP contribution in [-0.2, 0) is 16.3 Å². The Morgan fingerprint density at radius 3 is 1.64 bits per heavy atom. The van der Waals surface area contributed by atoms with E-state index >= 15 is 0 Å². The van der Waals surface area contributed by atoms with Crippen molar-refractivity contribution in [3.05, 3.63) is 52.8 Å². The molecule has 0 saturated heterocycles. The van der Waals surface area contributed by atoms with Gasteiger partial charge in [0.1, 0.15) is 4.90 Å². The lowest BCUT2D eigenvalue weighted by molar-refractivity contribution is -0.139. The van der Waals surface area contributed by atoms with E-state index in [0.717, 1.165) is 0 Å². The minimum Gasteiger partial charge on any atom is -0.282 e. The third kappa shape index (κ3) is 3.18. The van der Waals surface area contributed by atoms with Crippen molar-refractivity contribution >= 4 is 10.1 Å². The number of alkyl halides is 3. The van der Waals surface area contributed by atoms with Gasteiger partial charge in [-0.1, -0.05) is 12.1 Å². The molecule has 0 unspecified atom stereocenters. The molecule has 0 bridgehead atoms. The Bertz CT molecular complexity index is 937. The first-order valence-electron chi connectivity index (χ1n) is 5.98. The summed E-state index contributed by atoms with van der Waals surface area (Å²) in [6.45, 7) is 0. The van der Waals surface area contributed by atoms with E-state index in [1.807, 2.05) is 0 Å². The molecular formula is C13H4F8O3S. The van der Waals surface area contributed by atoms with E-state index in [9.17, 15) is 43.5 Å². The molecule has 0 fully saturated rings. The fourth-order valence-corrected chi connectivity index (χ4v) is 2.82. The van der Waals surface area contributed by atoms with Crippen LogP contribution in [-0.4, -0.2) is 13.0 Å². The second-order valence-corrected chi connectivity index (χ2v) is 5.99. The zero-order chi connectivity index (χ0) is 19.3. The quantitative estimate of drug-likeness (QED) is 0.359. The molecule has 0 amide bonds. The molecule has 0 heterocycles. The lowest BCUT2D eigenvalue weighted by atomic mass is 9.97. The summed E-state index contributed by atoms with van der Waals surface area (Å²) in [4.78, 5) is -1.80. The standard InChI is InChI=1S/C13H4F8O3S/c14-8-6(9(15)11(17)12(18)10(8)16)4-2-1-3-5(25(22,23)24)7(4)13(19,20)21/h1-3H,(H,22,23,24). The van der Waals surface area contributed by atoms with Gasteiger partial charge >= 0.3 is 6.18 Å². The van der Waals surface area contributed by atoms with Gasteiger partial charge in [0.25, 0.3) is 10.1 Å². The summed E-state index contributed by atoms with van der Waals surface area (Å²) < 4.78 is 138. The van der Waals surface area contributed by atoms with Gasteiger partial charge in [0.2, 0.25) is 5.82 Å². The van der Waals surface area contributed by atoms with Crippen molar-refractivity contribution in [1.82, 2.24) is 0 Å². The van der Waals surface area contributed by atoms with Crippen molar-refractivity contribution < 1.29 is 48.1 Å². The molecule has 2 aromatic carbocycles. The molecule has 0 spiro atoms. The van der Waals surface area contributed by atoms with Crippen LogP contribution in [0.5, 0.6) is 0 Å². The predicted molar refractivity (Wildman–Crippen MR) is 66.5 cm³/mol. The van der Waals surface area contributed by atoms with E-state index in [4.69, 9.17) is 4.55 Å². The number of rotatable bonds is 2. The van der Waals surface area contributed by atoms with Gasteiger partial charge in [-0.2, -0.15) is 21.6 Å². The summed E-state index contributed by atoms with van der Waals surface area (Å²) >= 11 is 0. The van der Waals surface area contributed by atoms with Gasteiger partial charge in [-0.05, 0) is 6.07 Å². The Morgan fingerprint density at radius 2 is 1.24 bits per heavy atom. The summed E-state index contributed by atoms with van der Waals surface area (Å²) in [5, 5.41) is 0. The molecule has 136 valence electrons. The smallest absolute Gasteiger partial charge is 0.282 e. The molecule has 3 nitrogen and oxygen atoms in total. The minimum atomic E-state index is -5.61. The van der Waals surface area contributed by atoms with Crippen molar-refractivity contribution in [3.8, 4) is 11.1 Å². The SMILES string of the molecule is O=S(=O)(O)c1cccc(-c2c(F)c(F)c(F)c(F)c2F)c1C(F)(F)F. The van der Waals surface area contributed by atoms with Crippen molar-refractivity contribution in [2.45, 2.75) is 11.1 Å². The lowest BCUT2D eigenvalue weighted by Crippen LogP contribution is -2.16. The highest BCUT2D eigenvalue weighted by molar-refractivity contribution is 7.85. The highest BCUT2D eigenvalue weighted by Gasteiger charge is 2.41. The van der Waals surface area contributed by atoms with Gasteiger partial charge in [0.05, 0.1) is 11.1 Å². The molecule has 0 radical (unpaired) electrons. The molecular weight excluding hydrogens is 388 g/mol. The van der Waals surface area contributed by atoms with Crippen LogP contribution in [0.1, 0.15) is 5.56 Å². The summed E-state index contributed by atoms with van der Waals surface area (Å²) in [5.41, 5.74) is -5.90. The molecule has 0 aliphatic carbocycles. The highest BCUT2D eigenvalue weighted by Crippen LogP contribution is 2.43. The summed E-state index contributed by atoms with van der Waals surface area (Å²) in [6.07, 6.45) is -5.61. The normalized spacial score (nSPS) is 12.5. The Labute approximate surface area is 134 Å². The molecule has 0 atom stereocenters. The van der Waals surface area contributed by atoms with Crippen molar-refractivity contribution in [2.24, 2.45) is 0 Å². The molecule has 0 saturated carbocycles. The number of halogens is 8. The fraction of sp³-hybridized carbons (Fsp3) is 0.0769. The first-order valence-corrected chi connectivity index (χ1v) is 7.42. The van der Waals surface area contributed by atoms with E-state index in [-0.39, 0.29) is 6.07 Å². The zero-order valence-corrected chi connectivity index (χ0v) is 12.2. The maximum absolute atomic E-state index is 13.8. The third-order valence-corrected chi connectivity index (χ3v) is 3.96. The molecule has 25 heavy (non-hydrogen) atoms. The molecule has 2 aromatic rings. The highest BCUT2D eigenvalue weighted by atomic mass is 32.2. The van der Waals surface area contributed by atoms with Gasteiger partial charge in [-0.15, -0.1) is 0 Å². The lowest BCUT2D eigenvalue weighted by Gasteiger charge is -2.17. The molecule has 2 rings (SSSR count). The molecule has 1 N–H and O–H groups in total. The van der Waals surface area contributed by atoms with Crippen LogP contribution in [0.15, 0.2) is 23.1 Å². The van der Waals surface area contributed by atoms with Crippen molar-refractivity contribution in [2.75, 3.05) is 0 Å². The number of benzene rings is 2. The Hall–Kier alpha value is -2.21. The van der Waals surface area contributed by atoms with E-state index in [0.29, 0.717) is 12.1 Å². The van der Waals surface area contributed by atoms with Gasteiger partial charge < -0.3 is 0 Å². The third-order valence-electron chi connectivity index (χ3n) is 3.07. The molecule has 0 aliphatic heterocycles. The maximum Gasteiger partial charge on any atom is 0.418 e. The largest absolute Gasteiger partial charge is 0.418 e. The number of hydrogen-bond acceptors (Lipinski definition) is 2. The first-order chi connectivity index (χ1) is 11.3. The Balaban J connectivity index is 3.06. The van der Waals surface area contributed by atoms with E-state index in [1.165, 1.54) is 0 Å². The molecule has 0 aliphatic rings. The van der Waals surface area contributed by atoms with Crippen LogP contribution in [0.4, 0.5) is 35.1 Å². The van der Waals surface area contributed by atoms with E-state index in [1.54, 1.807) is 0 Å². The second kappa shape index (κ2) is 5.95. The maximum atomic E-state index is 13.8. The fourth-order valence-electron chi connectivity index (χ4n) is 2.09. The second-order valence-electron chi connectivity index (χ2n) is 4.60.